The summed E-state index contributed by atoms with van der Waals surface area (Å²) >= 11 is 5.83. The Morgan fingerprint density at radius 1 is 1.19 bits per heavy atom. The van der Waals surface area contributed by atoms with Crippen LogP contribution in [0, 0.1) is 5.92 Å². The number of benzene rings is 2. The van der Waals surface area contributed by atoms with Crippen molar-refractivity contribution in [2.75, 3.05) is 46.4 Å². The summed E-state index contributed by atoms with van der Waals surface area (Å²) in [6, 6.07) is 15.6. The Kier molecular flexibility index (Phi) is 9.08. The van der Waals surface area contributed by atoms with Gasteiger partial charge in [-0.2, -0.15) is 0 Å². The number of carboxylic acid groups (broad SMARTS) is 1. The van der Waals surface area contributed by atoms with Crippen LogP contribution >= 0.6 is 11.6 Å². The molecule has 0 saturated carbocycles. The highest BCUT2D eigenvalue weighted by atomic mass is 35.5. The van der Waals surface area contributed by atoms with Crippen molar-refractivity contribution >= 4 is 17.6 Å². The van der Waals surface area contributed by atoms with Crippen molar-refractivity contribution in [3.05, 3.63) is 70.2 Å². The fourth-order valence-corrected chi connectivity index (χ4v) is 4.68. The minimum Gasteiger partial charge on any atom is -0.478 e. The molecule has 4 N–H and O–H groups in total. The topological polar surface area (TPSA) is 89.8 Å². The molecule has 0 bridgehead atoms. The van der Waals surface area contributed by atoms with E-state index in [1.807, 2.05) is 36.4 Å². The van der Waals surface area contributed by atoms with Crippen LogP contribution in [0.1, 0.15) is 33.8 Å². The van der Waals surface area contributed by atoms with E-state index < -0.39 is 5.97 Å². The Hall–Kier alpha value is -1.96. The fourth-order valence-electron chi connectivity index (χ4n) is 4.48. The fraction of sp³-hybridized carbons (Fsp3) is 0.480. The van der Waals surface area contributed by atoms with Crippen molar-refractivity contribution in [3.8, 4) is 0 Å². The lowest BCUT2D eigenvalue weighted by Gasteiger charge is -2.19. The van der Waals surface area contributed by atoms with Gasteiger partial charge < -0.3 is 20.8 Å². The average molecular weight is 460 g/mol. The second kappa shape index (κ2) is 11.8. The first kappa shape index (κ1) is 24.7. The second-order valence-corrected chi connectivity index (χ2v) is 9.24. The van der Waals surface area contributed by atoms with Crippen LogP contribution < -0.4 is 5.73 Å². The minimum atomic E-state index is -0.853. The van der Waals surface area contributed by atoms with Crippen LogP contribution in [-0.4, -0.2) is 78.4 Å². The summed E-state index contributed by atoms with van der Waals surface area (Å²) in [5.74, 6) is -0.0685. The molecular weight excluding hydrogens is 426 g/mol. The highest BCUT2D eigenvalue weighted by Crippen LogP contribution is 2.28. The van der Waals surface area contributed by atoms with E-state index in [2.05, 4.69) is 16.8 Å². The maximum Gasteiger partial charge on any atom is 0.335 e. The van der Waals surface area contributed by atoms with Gasteiger partial charge in [-0.15, -0.1) is 0 Å². The molecule has 32 heavy (non-hydrogen) atoms. The lowest BCUT2D eigenvalue weighted by Crippen LogP contribution is -2.29. The number of likely N-dealkylation sites (N-methyl/N-ethyl adjacent to an activating group) is 1. The van der Waals surface area contributed by atoms with Gasteiger partial charge in [0.15, 0.2) is 0 Å². The quantitative estimate of drug-likeness (QED) is 0.526. The van der Waals surface area contributed by atoms with Crippen molar-refractivity contribution < 1.29 is 15.0 Å². The molecule has 4 rings (SSSR count). The normalized spacial score (nSPS) is 21.6. The summed E-state index contributed by atoms with van der Waals surface area (Å²) in [6.45, 7) is 5.49. The summed E-state index contributed by atoms with van der Waals surface area (Å²) in [7, 11) is 2.18. The molecule has 0 aliphatic carbocycles. The summed E-state index contributed by atoms with van der Waals surface area (Å²) in [6.07, 6.45) is 1.84. The van der Waals surface area contributed by atoms with Crippen molar-refractivity contribution in [1.29, 1.82) is 0 Å². The number of halogens is 1. The van der Waals surface area contributed by atoms with E-state index in [0.29, 0.717) is 29.1 Å². The number of aliphatic hydroxyl groups is 1. The van der Waals surface area contributed by atoms with E-state index in [9.17, 15) is 4.79 Å². The van der Waals surface area contributed by atoms with E-state index in [1.165, 1.54) is 18.7 Å². The molecule has 2 heterocycles. The highest BCUT2D eigenvalue weighted by Gasteiger charge is 2.39. The van der Waals surface area contributed by atoms with Crippen LogP contribution in [-0.2, 0) is 6.42 Å². The van der Waals surface area contributed by atoms with E-state index in [4.69, 9.17) is 27.5 Å². The first-order chi connectivity index (χ1) is 15.4. The Labute approximate surface area is 195 Å². The highest BCUT2D eigenvalue weighted by molar-refractivity contribution is 6.30. The van der Waals surface area contributed by atoms with E-state index in [0.717, 1.165) is 31.5 Å². The van der Waals surface area contributed by atoms with Gasteiger partial charge in [-0.05, 0) is 67.7 Å². The zero-order valence-electron chi connectivity index (χ0n) is 18.7. The Morgan fingerprint density at radius 2 is 1.91 bits per heavy atom. The molecule has 6 nitrogen and oxygen atoms in total. The van der Waals surface area contributed by atoms with Gasteiger partial charge >= 0.3 is 5.97 Å². The molecule has 0 spiro atoms. The van der Waals surface area contributed by atoms with Crippen LogP contribution in [0.25, 0.3) is 0 Å². The van der Waals surface area contributed by atoms with Gasteiger partial charge in [0.25, 0.3) is 0 Å². The third-order valence-electron chi connectivity index (χ3n) is 6.29. The van der Waals surface area contributed by atoms with Gasteiger partial charge in [0.2, 0.25) is 0 Å². The number of aliphatic hydroxyl groups excluding tert-OH is 1. The molecule has 2 fully saturated rings. The number of nitrogens with two attached hydrogens (primary N) is 1. The van der Waals surface area contributed by atoms with Crippen LogP contribution in [0.2, 0.25) is 5.02 Å². The Morgan fingerprint density at radius 3 is 2.47 bits per heavy atom. The van der Waals surface area contributed by atoms with Gasteiger partial charge in [-0.3, -0.25) is 4.90 Å². The van der Waals surface area contributed by atoms with Crippen LogP contribution in [0.3, 0.4) is 0 Å². The predicted molar refractivity (Wildman–Crippen MR) is 128 cm³/mol. The molecule has 3 atom stereocenters. The van der Waals surface area contributed by atoms with Crippen LogP contribution in [0.4, 0.5) is 0 Å². The molecule has 0 radical (unpaired) electrons. The van der Waals surface area contributed by atoms with E-state index in [1.54, 1.807) is 12.1 Å². The molecule has 7 heteroatoms. The lowest BCUT2D eigenvalue weighted by molar-refractivity contribution is 0.0697. The molecule has 2 aromatic rings. The minimum absolute atomic E-state index is 0.115. The number of hydrogen-bond donors (Lipinski definition) is 3. The molecular formula is C25H34ClN3O3. The van der Waals surface area contributed by atoms with Gasteiger partial charge in [0.1, 0.15) is 0 Å². The largest absolute Gasteiger partial charge is 0.478 e. The maximum atomic E-state index is 10.8. The first-order valence-corrected chi connectivity index (χ1v) is 11.6. The predicted octanol–water partition coefficient (Wildman–Crippen LogP) is 2.94. The number of carbonyl (C=O) groups is 1. The van der Waals surface area contributed by atoms with Crippen molar-refractivity contribution in [2.24, 2.45) is 11.7 Å². The van der Waals surface area contributed by atoms with Gasteiger partial charge in [-0.1, -0.05) is 35.9 Å². The molecule has 0 aromatic heterocycles. The standard InChI is InChI=1S/C15H20N2O2.C10H14ClNO/c1-16-9-13(14(10-16)17-6-7-17)8-11-2-4-12(5-3-11)15(18)19;11-10-3-1-2-8(6-10)9(7-13)4-5-12/h2-5,13-14H,6-10H2,1H3,(H,18,19);1-3,6,9,13H,4-5,7,12H2. The Bertz CT molecular complexity index is 873. The number of nitrogens with zero attached hydrogens (tertiary/aromatic N) is 2. The molecule has 2 saturated heterocycles. The third kappa shape index (κ3) is 7.02. The first-order valence-electron chi connectivity index (χ1n) is 11.2. The molecule has 2 aliphatic rings. The molecule has 0 amide bonds. The number of carboxylic acids is 1. The number of hydrogen-bond acceptors (Lipinski definition) is 5. The monoisotopic (exact) mass is 459 g/mol. The molecule has 3 unspecified atom stereocenters. The van der Waals surface area contributed by atoms with Gasteiger partial charge in [0.05, 0.1) is 5.56 Å². The summed E-state index contributed by atoms with van der Waals surface area (Å²) in [4.78, 5) is 15.8. The van der Waals surface area contributed by atoms with Gasteiger partial charge in [0, 0.05) is 49.8 Å². The SMILES string of the molecule is CN1CC(Cc2ccc(C(=O)O)cc2)C(N2CC2)C1.NCCC(CO)c1cccc(Cl)c1. The average Bonchev–Trinajstić information content (AvgIpc) is 3.55. The zero-order chi connectivity index (χ0) is 23.1. The summed E-state index contributed by atoms with van der Waals surface area (Å²) in [5, 5.41) is 18.7. The van der Waals surface area contributed by atoms with Crippen LogP contribution in [0.5, 0.6) is 0 Å². The van der Waals surface area contributed by atoms with Crippen LogP contribution in [0.15, 0.2) is 48.5 Å². The number of rotatable bonds is 8. The molecule has 2 aromatic carbocycles. The smallest absolute Gasteiger partial charge is 0.335 e. The maximum absolute atomic E-state index is 10.8. The molecule has 174 valence electrons. The van der Waals surface area contributed by atoms with Crippen molar-refractivity contribution in [2.45, 2.75) is 24.8 Å². The summed E-state index contributed by atoms with van der Waals surface area (Å²) < 4.78 is 0. The number of likely N-dealkylation sites (tertiary alicyclic amines) is 1. The Balaban J connectivity index is 0.000000195. The van der Waals surface area contributed by atoms with Crippen molar-refractivity contribution in [1.82, 2.24) is 9.80 Å². The van der Waals surface area contributed by atoms with Gasteiger partial charge in [-0.25, -0.2) is 4.79 Å². The van der Waals surface area contributed by atoms with E-state index >= 15 is 0 Å². The van der Waals surface area contributed by atoms with Crippen molar-refractivity contribution in [3.63, 3.8) is 0 Å². The summed E-state index contributed by atoms with van der Waals surface area (Å²) in [5.41, 5.74) is 8.11. The molecule has 2 aliphatic heterocycles. The lowest BCUT2D eigenvalue weighted by atomic mass is 9.94. The third-order valence-corrected chi connectivity index (χ3v) is 6.53. The second-order valence-electron chi connectivity index (χ2n) is 8.80. The zero-order valence-corrected chi connectivity index (χ0v) is 19.4. The van der Waals surface area contributed by atoms with E-state index in [-0.39, 0.29) is 12.5 Å². The number of aromatic carboxylic acids is 1.